The average Bonchev–Trinajstić information content (AvgIpc) is 3.76. The van der Waals surface area contributed by atoms with Crippen LogP contribution in [-0.4, -0.2) is 78.4 Å². The number of piperidine rings is 2. The van der Waals surface area contributed by atoms with Gasteiger partial charge in [0.1, 0.15) is 6.04 Å². The van der Waals surface area contributed by atoms with Crippen LogP contribution >= 0.6 is 0 Å². The van der Waals surface area contributed by atoms with E-state index < -0.39 is 11.9 Å². The van der Waals surface area contributed by atoms with Gasteiger partial charge in [-0.1, -0.05) is 30.7 Å². The Morgan fingerprint density at radius 3 is 2.62 bits per heavy atom. The minimum atomic E-state index is -0.636. The Morgan fingerprint density at radius 2 is 1.78 bits per heavy atom. The van der Waals surface area contributed by atoms with E-state index in [0.29, 0.717) is 49.5 Å². The van der Waals surface area contributed by atoms with Crippen molar-refractivity contribution in [1.29, 1.82) is 0 Å². The maximum atomic E-state index is 13.1. The van der Waals surface area contributed by atoms with E-state index in [2.05, 4.69) is 31.4 Å². The Morgan fingerprint density at radius 1 is 0.940 bits per heavy atom. The van der Waals surface area contributed by atoms with E-state index >= 15 is 0 Å². The molecule has 12 heteroatoms. The molecule has 2 N–H and O–H groups in total. The predicted molar refractivity (Wildman–Crippen MR) is 185 cm³/mol. The van der Waals surface area contributed by atoms with Crippen LogP contribution in [0.1, 0.15) is 85.3 Å². The molecule has 2 aromatic carbocycles. The Balaban J connectivity index is 0.800. The molecule has 1 aliphatic carbocycles. The molecular weight excluding hydrogens is 632 g/mol. The fourth-order valence-electron chi connectivity index (χ4n) is 8.33. The summed E-state index contributed by atoms with van der Waals surface area (Å²) in [6.45, 7) is 2.78. The predicted octanol–water partition coefficient (Wildman–Crippen LogP) is 4.16. The molecule has 2 aromatic heterocycles. The van der Waals surface area contributed by atoms with Gasteiger partial charge in [-0.3, -0.25) is 34.2 Å². The van der Waals surface area contributed by atoms with Gasteiger partial charge in [-0.05, 0) is 73.8 Å². The van der Waals surface area contributed by atoms with Crippen molar-refractivity contribution in [2.45, 2.75) is 89.0 Å². The Hall–Kier alpha value is -4.97. The lowest BCUT2D eigenvalue weighted by atomic mass is 9.82. The third-order valence-electron chi connectivity index (χ3n) is 11.0. The smallest absolute Gasteiger partial charge is 0.255 e. The third-order valence-corrected chi connectivity index (χ3v) is 11.0. The number of fused-ring (bicyclic) bond motifs is 2. The number of carbonyl (C=O) groups excluding carboxylic acids is 4. The van der Waals surface area contributed by atoms with Crippen molar-refractivity contribution in [3.05, 3.63) is 77.7 Å². The maximum absolute atomic E-state index is 13.1. The average molecular weight is 675 g/mol. The molecular formula is C38H42N8O4. The minimum Gasteiger partial charge on any atom is -0.352 e. The van der Waals surface area contributed by atoms with Gasteiger partial charge in [-0.15, -0.1) is 0 Å². The normalized spacial score (nSPS) is 23.2. The fourth-order valence-corrected chi connectivity index (χ4v) is 8.33. The maximum Gasteiger partial charge on any atom is 0.255 e. The topological polar surface area (TPSA) is 142 Å². The first-order chi connectivity index (χ1) is 24.4. The van der Waals surface area contributed by atoms with Gasteiger partial charge in [-0.25, -0.2) is 4.98 Å². The second-order valence-corrected chi connectivity index (χ2v) is 14.3. The van der Waals surface area contributed by atoms with Crippen molar-refractivity contribution in [1.82, 2.24) is 40.2 Å². The van der Waals surface area contributed by atoms with Crippen LogP contribution in [0.25, 0.3) is 22.3 Å². The molecule has 3 unspecified atom stereocenters. The highest BCUT2D eigenvalue weighted by molar-refractivity contribution is 6.05. The van der Waals surface area contributed by atoms with E-state index in [1.807, 2.05) is 48.8 Å². The highest BCUT2D eigenvalue weighted by Gasteiger charge is 2.39. The molecule has 8 rings (SSSR count). The number of hydrogen-bond donors (Lipinski definition) is 2. The second-order valence-electron chi connectivity index (χ2n) is 14.3. The molecule has 0 radical (unpaired) electrons. The summed E-state index contributed by atoms with van der Waals surface area (Å²) in [7, 11) is 0. The van der Waals surface area contributed by atoms with Gasteiger partial charge in [0.05, 0.1) is 35.2 Å². The highest BCUT2D eigenvalue weighted by atomic mass is 16.2. The molecule has 5 heterocycles. The van der Waals surface area contributed by atoms with Gasteiger partial charge in [0.15, 0.2) is 0 Å². The van der Waals surface area contributed by atoms with Gasteiger partial charge in [0, 0.05) is 62.4 Å². The van der Waals surface area contributed by atoms with Crippen LogP contribution < -0.4 is 10.6 Å². The van der Waals surface area contributed by atoms with Crippen molar-refractivity contribution in [2.24, 2.45) is 5.92 Å². The molecule has 50 heavy (non-hydrogen) atoms. The number of rotatable bonds is 8. The quantitative estimate of drug-likeness (QED) is 0.266. The first kappa shape index (κ1) is 32.2. The van der Waals surface area contributed by atoms with Crippen LogP contribution in [0, 0.1) is 5.92 Å². The molecule has 3 atom stereocenters. The van der Waals surface area contributed by atoms with E-state index in [1.165, 1.54) is 6.42 Å². The molecule has 12 nitrogen and oxygen atoms in total. The van der Waals surface area contributed by atoms with Crippen LogP contribution in [0.15, 0.2) is 61.1 Å². The molecule has 4 aliphatic rings. The first-order valence-electron chi connectivity index (χ1n) is 17.9. The number of nitrogens with zero attached hydrogens (tertiary/aromatic N) is 6. The van der Waals surface area contributed by atoms with E-state index in [0.717, 1.165) is 78.6 Å². The first-order valence-corrected chi connectivity index (χ1v) is 17.9. The zero-order valence-electron chi connectivity index (χ0n) is 28.1. The Labute approximate surface area is 290 Å². The molecule has 0 spiro atoms. The van der Waals surface area contributed by atoms with Gasteiger partial charge in [0.25, 0.3) is 5.91 Å². The molecule has 0 bridgehead atoms. The molecule has 2 saturated heterocycles. The summed E-state index contributed by atoms with van der Waals surface area (Å²) in [4.78, 5) is 63.5. The number of amides is 4. The number of imide groups is 1. The number of nitrogens with one attached hydrogen (secondary N) is 2. The van der Waals surface area contributed by atoms with Gasteiger partial charge in [0.2, 0.25) is 17.7 Å². The van der Waals surface area contributed by atoms with Crippen molar-refractivity contribution >= 4 is 34.7 Å². The lowest BCUT2D eigenvalue weighted by Gasteiger charge is -2.41. The molecule has 1 saturated carbocycles. The van der Waals surface area contributed by atoms with E-state index in [-0.39, 0.29) is 24.1 Å². The van der Waals surface area contributed by atoms with Gasteiger partial charge in [-0.2, -0.15) is 5.10 Å². The van der Waals surface area contributed by atoms with Crippen molar-refractivity contribution in [2.75, 3.05) is 13.1 Å². The largest absolute Gasteiger partial charge is 0.352 e. The number of carbonyl (C=O) groups is 4. The lowest BCUT2D eigenvalue weighted by molar-refractivity contribution is -0.137. The summed E-state index contributed by atoms with van der Waals surface area (Å²) in [6.07, 6.45) is 13.4. The van der Waals surface area contributed by atoms with Crippen molar-refractivity contribution in [3.8, 4) is 11.3 Å². The monoisotopic (exact) mass is 674 g/mol. The number of para-hydroxylation sites is 2. The zero-order valence-corrected chi connectivity index (χ0v) is 28.1. The summed E-state index contributed by atoms with van der Waals surface area (Å²) >= 11 is 0. The number of aromatic nitrogens is 4. The molecule has 4 aromatic rings. The van der Waals surface area contributed by atoms with Crippen LogP contribution in [0.5, 0.6) is 0 Å². The second kappa shape index (κ2) is 13.7. The SMILES string of the molecule is O=C(CC1CCCC(N2CCC(n3cc(-c4cnc5ccccc5n4)cn3)CC2)C1)NCc1ccc2c(c1)CN(C1CCC(=O)NC1=O)C2=O. The van der Waals surface area contributed by atoms with Crippen LogP contribution in [0.3, 0.4) is 0 Å². The number of benzene rings is 2. The van der Waals surface area contributed by atoms with Crippen molar-refractivity contribution in [3.63, 3.8) is 0 Å². The summed E-state index contributed by atoms with van der Waals surface area (Å²) in [5.74, 6) is -0.484. The van der Waals surface area contributed by atoms with Crippen LogP contribution in [0.2, 0.25) is 0 Å². The Bertz CT molecular complexity index is 1950. The van der Waals surface area contributed by atoms with E-state index in [9.17, 15) is 19.2 Å². The lowest BCUT2D eigenvalue weighted by Crippen LogP contribution is -2.52. The minimum absolute atomic E-state index is 0.0571. The highest BCUT2D eigenvalue weighted by Crippen LogP contribution is 2.34. The molecule has 3 fully saturated rings. The molecule has 3 aliphatic heterocycles. The summed E-state index contributed by atoms with van der Waals surface area (Å²) < 4.78 is 2.10. The third kappa shape index (κ3) is 6.64. The Kier molecular flexibility index (Phi) is 8.86. The van der Waals surface area contributed by atoms with E-state index in [4.69, 9.17) is 10.1 Å². The van der Waals surface area contributed by atoms with Crippen LogP contribution in [-0.2, 0) is 27.5 Å². The van der Waals surface area contributed by atoms with Crippen molar-refractivity contribution < 1.29 is 19.2 Å². The number of hydrogen-bond acceptors (Lipinski definition) is 8. The van der Waals surface area contributed by atoms with Crippen LogP contribution in [0.4, 0.5) is 0 Å². The summed E-state index contributed by atoms with van der Waals surface area (Å²) in [5, 5.41) is 10.2. The molecule has 258 valence electrons. The zero-order chi connectivity index (χ0) is 34.2. The molecule has 4 amide bonds. The van der Waals surface area contributed by atoms with Gasteiger partial charge >= 0.3 is 0 Å². The van der Waals surface area contributed by atoms with E-state index in [1.54, 1.807) is 11.0 Å². The number of likely N-dealkylation sites (tertiary alicyclic amines) is 1. The van der Waals surface area contributed by atoms with Gasteiger partial charge < -0.3 is 15.1 Å². The fraction of sp³-hybridized carbons (Fsp3) is 0.447. The summed E-state index contributed by atoms with van der Waals surface area (Å²) in [6, 6.07) is 13.7. The summed E-state index contributed by atoms with van der Waals surface area (Å²) in [5.41, 5.74) is 5.94. The standard InChI is InChI=1S/C38H42N8O4/c47-35-11-10-34(37(49)43-35)45-22-26-16-25(8-9-30(26)38(45)50)19-40-36(48)18-24-4-3-5-29(17-24)44-14-12-28(13-15-44)46-23-27(20-41-46)33-21-39-31-6-1-2-7-32(31)42-33/h1-2,6-9,16,20-21,23-24,28-29,34H,3-5,10-15,17-19,22H2,(H,40,48)(H,43,47,49).